The van der Waals surface area contributed by atoms with Crippen molar-refractivity contribution in [2.75, 3.05) is 5.32 Å². The molecule has 1 heterocycles. The van der Waals surface area contributed by atoms with Gasteiger partial charge in [-0.05, 0) is 6.92 Å². The van der Waals surface area contributed by atoms with E-state index in [4.69, 9.17) is 5.11 Å². The number of aliphatic carboxylic acids is 1. The monoisotopic (exact) mass is 251 g/mol. The Kier molecular flexibility index (Phi) is 3.12. The molecule has 1 atom stereocenters. The van der Waals surface area contributed by atoms with Crippen LogP contribution in [0, 0.1) is 0 Å². The molecule has 94 valence electrons. The van der Waals surface area contributed by atoms with Gasteiger partial charge in [-0.3, -0.25) is 4.79 Å². The molecular weight excluding hydrogens is 243 g/mol. The summed E-state index contributed by atoms with van der Waals surface area (Å²) in [5, 5.41) is 10.3. The second kappa shape index (κ2) is 4.07. The number of aromatic nitrogens is 2. The summed E-state index contributed by atoms with van der Waals surface area (Å²) in [5.74, 6) is -2.59. The minimum Gasteiger partial charge on any atom is -0.479 e. The van der Waals surface area contributed by atoms with Crippen LogP contribution in [-0.2, 0) is 4.79 Å². The average Bonchev–Trinajstić information content (AvgIpc) is 2.15. The second-order valence-electron chi connectivity index (χ2n) is 3.35. The molecule has 0 aliphatic carbocycles. The van der Waals surface area contributed by atoms with Crippen molar-refractivity contribution in [1.29, 1.82) is 0 Å². The Hall–Kier alpha value is -2.06. The molecule has 3 N–H and O–H groups in total. The number of H-pyrrole nitrogens is 1. The number of rotatable bonds is 3. The predicted octanol–water partition coefficient (Wildman–Crippen LogP) is 0.587. The lowest BCUT2D eigenvalue weighted by Gasteiger charge is -2.28. The highest BCUT2D eigenvalue weighted by atomic mass is 19.4. The molecule has 0 aliphatic heterocycles. The van der Waals surface area contributed by atoms with Gasteiger partial charge in [0.25, 0.3) is 5.56 Å². The van der Waals surface area contributed by atoms with Crippen LogP contribution in [-0.4, -0.2) is 32.8 Å². The molecule has 1 aromatic heterocycles. The largest absolute Gasteiger partial charge is 0.479 e. The Morgan fingerprint density at radius 3 is 2.53 bits per heavy atom. The number of carboxylic acids is 1. The van der Waals surface area contributed by atoms with E-state index in [9.17, 15) is 22.8 Å². The summed E-state index contributed by atoms with van der Waals surface area (Å²) in [6.07, 6.45) is -4.17. The summed E-state index contributed by atoms with van der Waals surface area (Å²) in [7, 11) is 0. The molecule has 0 fully saturated rings. The zero-order chi connectivity index (χ0) is 13.3. The maximum atomic E-state index is 12.6. The minimum absolute atomic E-state index is 0.443. The molecule has 1 aromatic rings. The number of halogens is 3. The van der Waals surface area contributed by atoms with E-state index in [0.29, 0.717) is 6.92 Å². The molecule has 0 aromatic carbocycles. The Bertz CT molecular complexity index is 485. The predicted molar refractivity (Wildman–Crippen MR) is 50.6 cm³/mol. The maximum absolute atomic E-state index is 12.6. The third kappa shape index (κ3) is 2.55. The average molecular weight is 251 g/mol. The number of anilines is 1. The first-order chi connectivity index (χ1) is 7.67. The van der Waals surface area contributed by atoms with Crippen LogP contribution < -0.4 is 10.9 Å². The number of nitrogens with one attached hydrogen (secondary N) is 2. The smallest absolute Gasteiger partial charge is 0.422 e. The van der Waals surface area contributed by atoms with Gasteiger partial charge < -0.3 is 15.4 Å². The standard InChI is InChI=1S/C8H8F3N3O3/c1-7(6(16)17,8(9,10)11)14-4-2-5(15)13-3-12-4/h2-3H,1H3,(H,16,17)(H2,12,13,14,15). The second-order valence-corrected chi connectivity index (χ2v) is 3.35. The van der Waals surface area contributed by atoms with Gasteiger partial charge in [0.15, 0.2) is 0 Å². The highest BCUT2D eigenvalue weighted by Crippen LogP contribution is 2.32. The lowest BCUT2D eigenvalue weighted by Crippen LogP contribution is -2.55. The Labute approximate surface area is 92.5 Å². The van der Waals surface area contributed by atoms with Crippen LogP contribution >= 0.6 is 0 Å². The molecule has 0 saturated heterocycles. The van der Waals surface area contributed by atoms with E-state index in [1.165, 1.54) is 0 Å². The molecule has 0 bridgehead atoms. The van der Waals surface area contributed by atoms with Crippen molar-refractivity contribution in [1.82, 2.24) is 9.97 Å². The fraction of sp³-hybridized carbons (Fsp3) is 0.375. The number of hydrogen-bond donors (Lipinski definition) is 3. The lowest BCUT2D eigenvalue weighted by atomic mass is 10.0. The van der Waals surface area contributed by atoms with Gasteiger partial charge in [0, 0.05) is 6.07 Å². The molecule has 1 rings (SSSR count). The van der Waals surface area contributed by atoms with Gasteiger partial charge in [-0.25, -0.2) is 9.78 Å². The van der Waals surface area contributed by atoms with E-state index in [1.54, 1.807) is 5.32 Å². The molecule has 6 nitrogen and oxygen atoms in total. The van der Waals surface area contributed by atoms with Crippen LogP contribution in [0.15, 0.2) is 17.2 Å². The number of carbonyl (C=O) groups is 1. The van der Waals surface area contributed by atoms with Crippen LogP contribution in [0.5, 0.6) is 0 Å². The Morgan fingerprint density at radius 2 is 2.12 bits per heavy atom. The third-order valence-corrected chi connectivity index (χ3v) is 2.05. The highest BCUT2D eigenvalue weighted by Gasteiger charge is 2.57. The topological polar surface area (TPSA) is 95.1 Å². The van der Waals surface area contributed by atoms with Crippen molar-refractivity contribution in [3.63, 3.8) is 0 Å². The van der Waals surface area contributed by atoms with Crippen molar-refractivity contribution >= 4 is 11.8 Å². The van der Waals surface area contributed by atoms with Gasteiger partial charge in [0.1, 0.15) is 5.82 Å². The van der Waals surface area contributed by atoms with Gasteiger partial charge in [-0.15, -0.1) is 0 Å². The van der Waals surface area contributed by atoms with E-state index >= 15 is 0 Å². The molecule has 0 radical (unpaired) electrons. The van der Waals surface area contributed by atoms with Crippen LogP contribution in [0.2, 0.25) is 0 Å². The molecule has 0 aliphatic rings. The van der Waals surface area contributed by atoms with E-state index in [1.807, 2.05) is 0 Å². The van der Waals surface area contributed by atoms with Crippen molar-refractivity contribution in [3.8, 4) is 0 Å². The van der Waals surface area contributed by atoms with Gasteiger partial charge in [-0.1, -0.05) is 0 Å². The zero-order valence-electron chi connectivity index (χ0n) is 8.50. The van der Waals surface area contributed by atoms with Crippen molar-refractivity contribution in [2.45, 2.75) is 18.6 Å². The van der Waals surface area contributed by atoms with Crippen molar-refractivity contribution in [3.05, 3.63) is 22.7 Å². The van der Waals surface area contributed by atoms with E-state index in [0.717, 1.165) is 12.4 Å². The molecule has 0 spiro atoms. The summed E-state index contributed by atoms with van der Waals surface area (Å²) in [6, 6.07) is 0.729. The SMILES string of the molecule is CC(Nc1cc(=O)[nH]cn1)(C(=O)O)C(F)(F)F. The van der Waals surface area contributed by atoms with Crippen LogP contribution in [0.1, 0.15) is 6.92 Å². The van der Waals surface area contributed by atoms with Gasteiger partial charge >= 0.3 is 12.1 Å². The number of aromatic amines is 1. The molecular formula is C8H8F3N3O3. The number of alkyl halides is 3. The van der Waals surface area contributed by atoms with E-state index < -0.39 is 29.1 Å². The number of nitrogens with zero attached hydrogens (tertiary/aromatic N) is 1. The first-order valence-corrected chi connectivity index (χ1v) is 4.30. The van der Waals surface area contributed by atoms with E-state index in [2.05, 4.69) is 9.97 Å². The fourth-order valence-electron chi connectivity index (χ4n) is 0.939. The van der Waals surface area contributed by atoms with Crippen LogP contribution in [0.4, 0.5) is 19.0 Å². The fourth-order valence-corrected chi connectivity index (χ4v) is 0.939. The Balaban J connectivity index is 3.13. The molecule has 0 amide bonds. The minimum atomic E-state index is -5.04. The summed E-state index contributed by atoms with van der Waals surface area (Å²) >= 11 is 0. The van der Waals surface area contributed by atoms with Crippen LogP contribution in [0.3, 0.4) is 0 Å². The lowest BCUT2D eigenvalue weighted by molar-refractivity contribution is -0.192. The van der Waals surface area contributed by atoms with Gasteiger partial charge in [0.2, 0.25) is 5.54 Å². The first kappa shape index (κ1) is 13.0. The van der Waals surface area contributed by atoms with Gasteiger partial charge in [0.05, 0.1) is 6.33 Å². The highest BCUT2D eigenvalue weighted by molar-refractivity contribution is 5.83. The van der Waals surface area contributed by atoms with Crippen molar-refractivity contribution < 1.29 is 23.1 Å². The quantitative estimate of drug-likeness (QED) is 0.730. The summed E-state index contributed by atoms with van der Waals surface area (Å²) < 4.78 is 37.8. The number of hydrogen-bond acceptors (Lipinski definition) is 4. The molecule has 9 heteroatoms. The van der Waals surface area contributed by atoms with Crippen LogP contribution in [0.25, 0.3) is 0 Å². The molecule has 1 unspecified atom stereocenters. The first-order valence-electron chi connectivity index (χ1n) is 4.30. The summed E-state index contributed by atoms with van der Waals surface area (Å²) in [4.78, 5) is 27.0. The van der Waals surface area contributed by atoms with Crippen molar-refractivity contribution in [2.24, 2.45) is 0 Å². The summed E-state index contributed by atoms with van der Waals surface area (Å²) in [6.45, 7) is 0.443. The number of carboxylic acid groups (broad SMARTS) is 1. The van der Waals surface area contributed by atoms with E-state index in [-0.39, 0.29) is 0 Å². The van der Waals surface area contributed by atoms with Gasteiger partial charge in [-0.2, -0.15) is 13.2 Å². The molecule has 17 heavy (non-hydrogen) atoms. The third-order valence-electron chi connectivity index (χ3n) is 2.05. The Morgan fingerprint density at radius 1 is 1.53 bits per heavy atom. The normalized spacial score (nSPS) is 15.1. The maximum Gasteiger partial charge on any atom is 0.422 e. The zero-order valence-corrected chi connectivity index (χ0v) is 8.50. The summed E-state index contributed by atoms with van der Waals surface area (Å²) in [5.41, 5.74) is -3.91. The molecule has 0 saturated carbocycles.